The standard InChI is InChI=1S/C24H25F2N5O/c1-14(25)11-30-23-17-8-22(15(2)29-12-17)32-16(3)21-9-19(26)4-5-20(21)24-28-6-7-31(24)13-18(23)10-27/h4-10,12,14,16,27,30H,11,13H2,1-3H3/b23-18+,27-10?. The molecule has 1 aliphatic heterocycles. The van der Waals surface area contributed by atoms with Crippen molar-refractivity contribution in [3.63, 3.8) is 0 Å². The Labute approximate surface area is 185 Å². The maximum absolute atomic E-state index is 14.2. The lowest BCUT2D eigenvalue weighted by molar-refractivity contribution is 0.224. The molecule has 2 N–H and O–H groups in total. The van der Waals surface area contributed by atoms with E-state index in [1.54, 1.807) is 24.7 Å². The number of halogens is 2. The molecule has 32 heavy (non-hydrogen) atoms. The molecule has 2 atom stereocenters. The average Bonchev–Trinajstić information content (AvgIpc) is 3.22. The summed E-state index contributed by atoms with van der Waals surface area (Å²) in [4.78, 5) is 8.96. The SMILES string of the molecule is Cc1ncc2cc1OC(C)c1cc(F)ccc1-c1nccn1C/C(C=N)=C\2NCC(C)F. The number of pyridine rings is 1. The first-order valence-corrected chi connectivity index (χ1v) is 10.4. The van der Waals surface area contributed by atoms with E-state index in [-0.39, 0.29) is 12.4 Å². The summed E-state index contributed by atoms with van der Waals surface area (Å²) in [5, 5.41) is 11.2. The van der Waals surface area contributed by atoms with Gasteiger partial charge in [-0.25, -0.2) is 13.8 Å². The van der Waals surface area contributed by atoms with Crippen LogP contribution in [0.15, 0.2) is 48.4 Å². The van der Waals surface area contributed by atoms with Crippen molar-refractivity contribution in [2.75, 3.05) is 6.54 Å². The molecule has 1 aromatic carbocycles. The van der Waals surface area contributed by atoms with E-state index in [0.29, 0.717) is 46.2 Å². The van der Waals surface area contributed by atoms with Crippen molar-refractivity contribution in [1.82, 2.24) is 19.9 Å². The Kier molecular flexibility index (Phi) is 6.03. The van der Waals surface area contributed by atoms with E-state index in [2.05, 4.69) is 15.3 Å². The van der Waals surface area contributed by atoms with Crippen molar-refractivity contribution >= 4 is 11.9 Å². The van der Waals surface area contributed by atoms with Gasteiger partial charge >= 0.3 is 0 Å². The third-order valence-corrected chi connectivity index (χ3v) is 5.44. The third-order valence-electron chi connectivity index (χ3n) is 5.44. The van der Waals surface area contributed by atoms with E-state index in [9.17, 15) is 8.78 Å². The van der Waals surface area contributed by atoms with E-state index in [4.69, 9.17) is 10.1 Å². The summed E-state index contributed by atoms with van der Waals surface area (Å²) in [6, 6.07) is 6.37. The van der Waals surface area contributed by atoms with Gasteiger partial charge < -0.3 is 20.0 Å². The minimum Gasteiger partial charge on any atom is -0.484 e. The van der Waals surface area contributed by atoms with Gasteiger partial charge in [-0.1, -0.05) is 0 Å². The minimum absolute atomic E-state index is 0.0893. The molecule has 1 aliphatic rings. The Balaban J connectivity index is 1.96. The molecule has 4 rings (SSSR count). The van der Waals surface area contributed by atoms with Crippen molar-refractivity contribution in [2.45, 2.75) is 39.6 Å². The van der Waals surface area contributed by atoms with Gasteiger partial charge in [-0.2, -0.15) is 0 Å². The molecule has 8 heteroatoms. The molecule has 6 nitrogen and oxygen atoms in total. The Morgan fingerprint density at radius 1 is 1.34 bits per heavy atom. The second-order valence-corrected chi connectivity index (χ2v) is 7.88. The zero-order valence-electron chi connectivity index (χ0n) is 18.2. The van der Waals surface area contributed by atoms with Crippen LogP contribution in [0.4, 0.5) is 8.78 Å². The quantitative estimate of drug-likeness (QED) is 0.572. The molecule has 3 aromatic rings. The highest BCUT2D eigenvalue weighted by Gasteiger charge is 2.22. The normalized spacial score (nSPS) is 19.0. The molecule has 0 saturated heterocycles. The number of aromatic nitrogens is 3. The van der Waals surface area contributed by atoms with Gasteiger partial charge in [0.25, 0.3) is 0 Å². The van der Waals surface area contributed by atoms with Crippen LogP contribution in [-0.4, -0.2) is 33.5 Å². The monoisotopic (exact) mass is 437 g/mol. The van der Waals surface area contributed by atoms with Crippen LogP contribution in [0.3, 0.4) is 0 Å². The highest BCUT2D eigenvalue weighted by atomic mass is 19.1. The summed E-state index contributed by atoms with van der Waals surface area (Å²) in [5.41, 5.74) is 3.98. The van der Waals surface area contributed by atoms with Crippen LogP contribution < -0.4 is 10.1 Å². The number of aryl methyl sites for hydroxylation is 1. The Morgan fingerprint density at radius 2 is 2.16 bits per heavy atom. The maximum atomic E-state index is 14.2. The smallest absolute Gasteiger partial charge is 0.142 e. The predicted molar refractivity (Wildman–Crippen MR) is 120 cm³/mol. The number of hydrogen-bond acceptors (Lipinski definition) is 5. The molecule has 0 radical (unpaired) electrons. The molecule has 0 fully saturated rings. The highest BCUT2D eigenvalue weighted by Crippen LogP contribution is 2.34. The van der Waals surface area contributed by atoms with Crippen LogP contribution >= 0.6 is 0 Å². The fourth-order valence-electron chi connectivity index (χ4n) is 3.80. The highest BCUT2D eigenvalue weighted by molar-refractivity contribution is 5.89. The van der Waals surface area contributed by atoms with Gasteiger partial charge in [0.2, 0.25) is 0 Å². The number of rotatable bonds is 4. The van der Waals surface area contributed by atoms with Gasteiger partial charge in [0, 0.05) is 59.3 Å². The third kappa shape index (κ3) is 4.26. The summed E-state index contributed by atoms with van der Waals surface area (Å²) in [6.07, 6.45) is 4.84. The number of nitrogens with one attached hydrogen (secondary N) is 2. The molecular formula is C24H25F2N5O. The molecule has 2 bridgehead atoms. The van der Waals surface area contributed by atoms with Crippen LogP contribution in [0.1, 0.15) is 36.8 Å². The number of imidazole rings is 1. The van der Waals surface area contributed by atoms with Gasteiger partial charge in [0.15, 0.2) is 0 Å². The van der Waals surface area contributed by atoms with Gasteiger partial charge in [-0.3, -0.25) is 4.98 Å². The van der Waals surface area contributed by atoms with E-state index in [0.717, 1.165) is 5.56 Å². The molecule has 0 aliphatic carbocycles. The van der Waals surface area contributed by atoms with Crippen molar-refractivity contribution < 1.29 is 13.5 Å². The zero-order chi connectivity index (χ0) is 22.8. The molecule has 3 heterocycles. The Morgan fingerprint density at radius 3 is 2.91 bits per heavy atom. The zero-order valence-corrected chi connectivity index (χ0v) is 18.2. The molecular weight excluding hydrogens is 412 g/mol. The predicted octanol–water partition coefficient (Wildman–Crippen LogP) is 4.85. The number of benzene rings is 1. The summed E-state index contributed by atoms with van der Waals surface area (Å²) < 4.78 is 36.0. The summed E-state index contributed by atoms with van der Waals surface area (Å²) in [6.45, 7) is 5.56. The first-order valence-electron chi connectivity index (χ1n) is 10.4. The number of ether oxygens (including phenoxy) is 1. The summed E-state index contributed by atoms with van der Waals surface area (Å²) in [7, 11) is 0. The van der Waals surface area contributed by atoms with Crippen LogP contribution in [0.5, 0.6) is 5.75 Å². The van der Waals surface area contributed by atoms with Crippen LogP contribution in [0, 0.1) is 18.2 Å². The number of allylic oxidation sites excluding steroid dienone is 1. The second kappa shape index (κ2) is 8.90. The maximum Gasteiger partial charge on any atom is 0.142 e. The molecule has 2 aromatic heterocycles. The van der Waals surface area contributed by atoms with E-state index < -0.39 is 12.3 Å². The molecule has 0 amide bonds. The van der Waals surface area contributed by atoms with E-state index in [1.807, 2.05) is 24.5 Å². The number of hydrogen-bond donors (Lipinski definition) is 2. The molecule has 0 spiro atoms. The van der Waals surface area contributed by atoms with Crippen LogP contribution in [-0.2, 0) is 6.54 Å². The van der Waals surface area contributed by atoms with E-state index in [1.165, 1.54) is 25.3 Å². The second-order valence-electron chi connectivity index (χ2n) is 7.88. The van der Waals surface area contributed by atoms with Gasteiger partial charge in [0.1, 0.15) is 29.7 Å². The lowest BCUT2D eigenvalue weighted by Crippen LogP contribution is -2.23. The lowest BCUT2D eigenvalue weighted by atomic mass is 10.0. The molecule has 2 unspecified atom stereocenters. The van der Waals surface area contributed by atoms with Crippen molar-refractivity contribution in [2.24, 2.45) is 0 Å². The number of alkyl halides is 1. The van der Waals surface area contributed by atoms with Crippen molar-refractivity contribution in [1.29, 1.82) is 5.41 Å². The first kappa shape index (κ1) is 21.7. The minimum atomic E-state index is -1.07. The van der Waals surface area contributed by atoms with Crippen molar-refractivity contribution in [3.05, 3.63) is 71.1 Å². The largest absolute Gasteiger partial charge is 0.484 e. The van der Waals surface area contributed by atoms with Crippen LogP contribution in [0.25, 0.3) is 17.1 Å². The van der Waals surface area contributed by atoms with Gasteiger partial charge in [-0.05, 0) is 45.0 Å². The molecule has 0 saturated carbocycles. The van der Waals surface area contributed by atoms with Gasteiger partial charge in [-0.15, -0.1) is 0 Å². The number of nitrogens with zero attached hydrogens (tertiary/aromatic N) is 3. The average molecular weight is 437 g/mol. The fourth-order valence-corrected chi connectivity index (χ4v) is 3.80. The van der Waals surface area contributed by atoms with E-state index >= 15 is 0 Å². The number of fused-ring (bicyclic) bond motifs is 5. The Hall–Kier alpha value is -3.55. The van der Waals surface area contributed by atoms with Crippen LogP contribution in [0.2, 0.25) is 0 Å². The topological polar surface area (TPSA) is 75.8 Å². The van der Waals surface area contributed by atoms with Crippen molar-refractivity contribution in [3.8, 4) is 17.1 Å². The van der Waals surface area contributed by atoms with Gasteiger partial charge in [0.05, 0.1) is 12.2 Å². The summed E-state index contributed by atoms with van der Waals surface area (Å²) >= 11 is 0. The molecule has 166 valence electrons. The first-order chi connectivity index (χ1) is 15.4. The fraction of sp³-hybridized carbons (Fsp3) is 0.292. The Bertz CT molecular complexity index is 1180. The summed E-state index contributed by atoms with van der Waals surface area (Å²) in [5.74, 6) is 0.804. The lowest BCUT2D eigenvalue weighted by Gasteiger charge is -2.23.